The second-order valence-electron chi connectivity index (χ2n) is 9.39. The van der Waals surface area contributed by atoms with Gasteiger partial charge in [0.2, 0.25) is 0 Å². The van der Waals surface area contributed by atoms with Crippen LogP contribution in [0.1, 0.15) is 43.7 Å². The van der Waals surface area contributed by atoms with E-state index >= 15 is 0 Å². The Balaban J connectivity index is 1.59. The Morgan fingerprint density at radius 1 is 1.06 bits per heavy atom. The molecule has 0 aliphatic carbocycles. The molecule has 2 fully saturated rings. The molecule has 186 valence electrons. The molecule has 6 heteroatoms. The van der Waals surface area contributed by atoms with Gasteiger partial charge in [-0.1, -0.05) is 55.5 Å². The Bertz CT molecular complexity index is 1040. The lowest BCUT2D eigenvalue weighted by atomic mass is 9.85. The summed E-state index contributed by atoms with van der Waals surface area (Å²) in [6, 6.07) is 18.5. The van der Waals surface area contributed by atoms with E-state index in [1.807, 2.05) is 54.6 Å². The standard InChI is InChI=1S/C29H38N4O2/c1-3-7-25(22-10-12-24(13-11-22)35-20-21-8-5-4-6-9-21)27(28(30)34)29-32-19-16-26(33(29)2)23-14-17-31-18-15-23/h4-13,23,26,31-32H,3,14-20H2,1-2H3,(H2,30,34)/b25-7+,29-27+/t26-/m0/s1. The second-order valence-corrected chi connectivity index (χ2v) is 9.39. The number of nitrogens with zero attached hydrogens (tertiary/aromatic N) is 1. The first-order chi connectivity index (χ1) is 17.1. The van der Waals surface area contributed by atoms with E-state index in [4.69, 9.17) is 10.5 Å². The number of rotatable bonds is 8. The Kier molecular flexibility index (Phi) is 8.48. The highest BCUT2D eigenvalue weighted by molar-refractivity contribution is 6.09. The van der Waals surface area contributed by atoms with Crippen molar-refractivity contribution >= 4 is 11.5 Å². The van der Waals surface area contributed by atoms with Gasteiger partial charge in [0.05, 0.1) is 5.57 Å². The summed E-state index contributed by atoms with van der Waals surface area (Å²) >= 11 is 0. The van der Waals surface area contributed by atoms with Crippen LogP contribution in [0.15, 0.2) is 72.1 Å². The molecule has 2 heterocycles. The van der Waals surface area contributed by atoms with Crippen molar-refractivity contribution in [1.29, 1.82) is 0 Å². The van der Waals surface area contributed by atoms with E-state index in [0.29, 0.717) is 24.1 Å². The largest absolute Gasteiger partial charge is 0.489 e. The van der Waals surface area contributed by atoms with Crippen LogP contribution in [0.4, 0.5) is 0 Å². The molecule has 0 unspecified atom stereocenters. The van der Waals surface area contributed by atoms with E-state index in [1.54, 1.807) is 0 Å². The van der Waals surface area contributed by atoms with E-state index in [2.05, 4.69) is 35.6 Å². The van der Waals surface area contributed by atoms with Crippen molar-refractivity contribution in [3.05, 3.63) is 83.2 Å². The minimum Gasteiger partial charge on any atom is -0.489 e. The van der Waals surface area contributed by atoms with Crippen molar-refractivity contribution in [3.63, 3.8) is 0 Å². The van der Waals surface area contributed by atoms with Crippen LogP contribution in [-0.2, 0) is 11.4 Å². The minimum absolute atomic E-state index is 0.402. The van der Waals surface area contributed by atoms with Crippen LogP contribution in [0, 0.1) is 5.92 Å². The molecule has 0 saturated carbocycles. The molecule has 0 radical (unpaired) electrons. The number of carbonyl (C=O) groups is 1. The Morgan fingerprint density at radius 2 is 1.77 bits per heavy atom. The summed E-state index contributed by atoms with van der Waals surface area (Å²) < 4.78 is 5.96. The van der Waals surface area contributed by atoms with Crippen LogP contribution >= 0.6 is 0 Å². The van der Waals surface area contributed by atoms with Crippen molar-refractivity contribution in [1.82, 2.24) is 15.5 Å². The van der Waals surface area contributed by atoms with Crippen LogP contribution in [-0.4, -0.2) is 43.5 Å². The van der Waals surface area contributed by atoms with Gasteiger partial charge in [0.1, 0.15) is 18.2 Å². The molecule has 2 saturated heterocycles. The Hall–Kier alpha value is -3.25. The predicted octanol–water partition coefficient (Wildman–Crippen LogP) is 4.05. The molecular formula is C29H38N4O2. The van der Waals surface area contributed by atoms with Crippen molar-refractivity contribution < 1.29 is 9.53 Å². The predicted molar refractivity (Wildman–Crippen MR) is 141 cm³/mol. The summed E-state index contributed by atoms with van der Waals surface area (Å²) in [7, 11) is 2.10. The number of ether oxygens (including phenoxy) is 1. The van der Waals surface area contributed by atoms with Crippen molar-refractivity contribution in [3.8, 4) is 5.75 Å². The average molecular weight is 475 g/mol. The lowest BCUT2D eigenvalue weighted by molar-refractivity contribution is -0.114. The molecule has 2 aliphatic rings. The zero-order valence-corrected chi connectivity index (χ0v) is 20.9. The number of amides is 1. The highest BCUT2D eigenvalue weighted by atomic mass is 16.5. The zero-order valence-electron chi connectivity index (χ0n) is 20.9. The van der Waals surface area contributed by atoms with E-state index in [1.165, 1.54) is 0 Å². The molecule has 1 atom stereocenters. The van der Waals surface area contributed by atoms with E-state index < -0.39 is 5.91 Å². The third kappa shape index (κ3) is 6.06. The van der Waals surface area contributed by atoms with Crippen LogP contribution in [0.5, 0.6) is 5.75 Å². The average Bonchev–Trinajstić information content (AvgIpc) is 2.89. The number of hydrogen-bond donors (Lipinski definition) is 3. The minimum atomic E-state index is -0.408. The summed E-state index contributed by atoms with van der Waals surface area (Å²) in [4.78, 5) is 15.1. The molecule has 6 nitrogen and oxygen atoms in total. The maximum absolute atomic E-state index is 12.9. The summed E-state index contributed by atoms with van der Waals surface area (Å²) in [6.07, 6.45) is 6.28. The fraction of sp³-hybridized carbons (Fsp3) is 0.414. The van der Waals surface area contributed by atoms with E-state index in [0.717, 1.165) is 73.6 Å². The smallest absolute Gasteiger partial charge is 0.252 e. The van der Waals surface area contributed by atoms with Gasteiger partial charge in [-0.2, -0.15) is 0 Å². The maximum Gasteiger partial charge on any atom is 0.252 e. The van der Waals surface area contributed by atoms with Crippen LogP contribution in [0.25, 0.3) is 5.57 Å². The van der Waals surface area contributed by atoms with Crippen molar-refractivity contribution in [2.24, 2.45) is 11.7 Å². The number of carbonyl (C=O) groups excluding carboxylic acids is 1. The number of benzene rings is 2. The molecule has 2 aliphatic heterocycles. The van der Waals surface area contributed by atoms with Gasteiger partial charge in [-0.05, 0) is 73.5 Å². The van der Waals surface area contributed by atoms with Crippen LogP contribution in [0.2, 0.25) is 0 Å². The molecule has 0 bridgehead atoms. The monoisotopic (exact) mass is 474 g/mol. The quantitative estimate of drug-likeness (QED) is 0.503. The number of allylic oxidation sites excluding steroid dienone is 1. The van der Waals surface area contributed by atoms with E-state index in [9.17, 15) is 4.79 Å². The van der Waals surface area contributed by atoms with Gasteiger partial charge in [0.15, 0.2) is 0 Å². The normalized spacial score (nSPS) is 20.8. The molecule has 4 N–H and O–H groups in total. The van der Waals surface area contributed by atoms with Gasteiger partial charge < -0.3 is 26.0 Å². The number of primary amides is 1. The molecule has 2 aromatic carbocycles. The third-order valence-electron chi connectivity index (χ3n) is 7.09. The number of piperidine rings is 1. The lowest BCUT2D eigenvalue weighted by Crippen LogP contribution is -2.51. The second kappa shape index (κ2) is 11.9. The van der Waals surface area contributed by atoms with Crippen molar-refractivity contribution in [2.75, 3.05) is 26.7 Å². The zero-order chi connectivity index (χ0) is 24.6. The first-order valence-electron chi connectivity index (χ1n) is 12.8. The maximum atomic E-state index is 12.9. The summed E-state index contributed by atoms with van der Waals surface area (Å²) in [5.74, 6) is 1.85. The van der Waals surface area contributed by atoms with Gasteiger partial charge in [-0.25, -0.2) is 0 Å². The fourth-order valence-electron chi connectivity index (χ4n) is 5.29. The number of hydrogen-bond acceptors (Lipinski definition) is 5. The first kappa shape index (κ1) is 24.9. The highest BCUT2D eigenvalue weighted by Crippen LogP contribution is 2.33. The molecule has 0 spiro atoms. The van der Waals surface area contributed by atoms with Gasteiger partial charge >= 0.3 is 0 Å². The van der Waals surface area contributed by atoms with Gasteiger partial charge in [0.25, 0.3) is 5.91 Å². The molecule has 1 amide bonds. The van der Waals surface area contributed by atoms with Crippen LogP contribution < -0.4 is 21.1 Å². The van der Waals surface area contributed by atoms with Gasteiger partial charge in [-0.3, -0.25) is 4.79 Å². The third-order valence-corrected chi connectivity index (χ3v) is 7.09. The van der Waals surface area contributed by atoms with Gasteiger partial charge in [0, 0.05) is 19.6 Å². The molecule has 2 aromatic rings. The topological polar surface area (TPSA) is 79.6 Å². The number of nitrogens with two attached hydrogens (primary N) is 1. The summed E-state index contributed by atoms with van der Waals surface area (Å²) in [6.45, 7) is 5.56. The van der Waals surface area contributed by atoms with Crippen molar-refractivity contribution in [2.45, 2.75) is 45.3 Å². The van der Waals surface area contributed by atoms with Gasteiger partial charge in [-0.15, -0.1) is 0 Å². The Morgan fingerprint density at radius 3 is 2.43 bits per heavy atom. The van der Waals surface area contributed by atoms with Crippen LogP contribution in [0.3, 0.4) is 0 Å². The molecule has 35 heavy (non-hydrogen) atoms. The highest BCUT2D eigenvalue weighted by Gasteiger charge is 2.33. The van der Waals surface area contributed by atoms with E-state index in [-0.39, 0.29) is 0 Å². The first-order valence-corrected chi connectivity index (χ1v) is 12.8. The lowest BCUT2D eigenvalue weighted by Gasteiger charge is -2.43. The SMILES string of the molecule is CC/C=C(/C(C(N)=O)=C1/NCC[C@@H](C2CCNCC2)N1C)c1ccc(OCc2ccccc2)cc1. The Labute approximate surface area is 209 Å². The molecule has 4 rings (SSSR count). The molecule has 0 aromatic heterocycles. The summed E-state index contributed by atoms with van der Waals surface area (Å²) in [5.41, 5.74) is 9.54. The summed E-state index contributed by atoms with van der Waals surface area (Å²) in [5, 5.41) is 6.96. The number of nitrogens with one attached hydrogen (secondary N) is 2. The molecular weight excluding hydrogens is 436 g/mol. The fourth-order valence-corrected chi connectivity index (χ4v) is 5.29.